The van der Waals surface area contributed by atoms with Crippen molar-refractivity contribution in [3.8, 4) is 22.3 Å². The zero-order chi connectivity index (χ0) is 29.1. The molecule has 6 aromatic rings. The summed E-state index contributed by atoms with van der Waals surface area (Å²) in [7, 11) is 0. The second kappa shape index (κ2) is 9.74. The van der Waals surface area contributed by atoms with E-state index in [0.29, 0.717) is 0 Å². The van der Waals surface area contributed by atoms with Crippen LogP contribution in [-0.4, -0.2) is 0 Å². The van der Waals surface area contributed by atoms with Crippen molar-refractivity contribution in [1.82, 2.24) is 0 Å². The Morgan fingerprint density at radius 1 is 0.500 bits per heavy atom. The van der Waals surface area contributed by atoms with E-state index in [1.807, 2.05) is 0 Å². The Labute approximate surface area is 250 Å². The van der Waals surface area contributed by atoms with E-state index in [1.54, 1.807) is 0 Å². The molecule has 1 aliphatic carbocycles. The minimum atomic E-state index is -0.0684. The van der Waals surface area contributed by atoms with E-state index in [0.717, 1.165) is 0 Å². The van der Waals surface area contributed by atoms with Crippen LogP contribution in [0.15, 0.2) is 133 Å². The summed E-state index contributed by atoms with van der Waals surface area (Å²) in [5.74, 6) is 0. The molecule has 0 bridgehead atoms. The number of nitrogens with zero attached hydrogens (tertiary/aromatic N) is 1. The molecule has 0 aliphatic heterocycles. The molecule has 0 saturated heterocycles. The van der Waals surface area contributed by atoms with Gasteiger partial charge in [0, 0.05) is 22.5 Å². The Morgan fingerprint density at radius 2 is 1.14 bits per heavy atom. The van der Waals surface area contributed by atoms with Crippen LogP contribution in [0.1, 0.15) is 51.3 Å². The highest BCUT2D eigenvalue weighted by molar-refractivity contribution is 5.91. The molecule has 0 unspecified atom stereocenters. The van der Waals surface area contributed by atoms with Crippen LogP contribution in [0.3, 0.4) is 0 Å². The van der Waals surface area contributed by atoms with E-state index in [4.69, 9.17) is 0 Å². The molecule has 0 N–H and O–H groups in total. The van der Waals surface area contributed by atoms with Gasteiger partial charge in [0.1, 0.15) is 0 Å². The predicted molar refractivity (Wildman–Crippen MR) is 180 cm³/mol. The van der Waals surface area contributed by atoms with E-state index < -0.39 is 0 Å². The second-order valence-corrected chi connectivity index (χ2v) is 13.1. The first-order valence-electron chi connectivity index (χ1n) is 15.0. The Kier molecular flexibility index (Phi) is 6.10. The molecular weight excluding hydrogens is 506 g/mol. The van der Waals surface area contributed by atoms with Crippen LogP contribution in [0, 0.1) is 0 Å². The summed E-state index contributed by atoms with van der Waals surface area (Å²) in [6.45, 7) is 11.7. The Bertz CT molecular complexity index is 1940. The topological polar surface area (TPSA) is 3.24 Å². The zero-order valence-electron chi connectivity index (χ0n) is 25.1. The van der Waals surface area contributed by atoms with E-state index in [1.165, 1.54) is 66.8 Å². The molecule has 0 heterocycles. The molecule has 7 rings (SSSR count). The van der Waals surface area contributed by atoms with Gasteiger partial charge < -0.3 is 4.90 Å². The maximum absolute atomic E-state index is 2.47. The Balaban J connectivity index is 1.47. The largest absolute Gasteiger partial charge is 0.310 e. The fourth-order valence-corrected chi connectivity index (χ4v) is 6.72. The third-order valence-corrected chi connectivity index (χ3v) is 8.97. The van der Waals surface area contributed by atoms with Crippen molar-refractivity contribution in [3.63, 3.8) is 0 Å². The number of hydrogen-bond acceptors (Lipinski definition) is 1. The van der Waals surface area contributed by atoms with Crippen LogP contribution in [0.2, 0.25) is 0 Å². The Hall–Kier alpha value is -4.62. The van der Waals surface area contributed by atoms with Gasteiger partial charge in [-0.15, -0.1) is 0 Å². The highest BCUT2D eigenvalue weighted by Crippen LogP contribution is 2.51. The van der Waals surface area contributed by atoms with Gasteiger partial charge >= 0.3 is 0 Å². The van der Waals surface area contributed by atoms with E-state index in [-0.39, 0.29) is 10.8 Å². The first-order chi connectivity index (χ1) is 20.2. The summed E-state index contributed by atoms with van der Waals surface area (Å²) in [6, 6.07) is 49.2. The lowest BCUT2D eigenvalue weighted by atomic mass is 9.82. The van der Waals surface area contributed by atoms with Crippen LogP contribution in [0.5, 0.6) is 0 Å². The lowest BCUT2D eigenvalue weighted by Gasteiger charge is -2.33. The predicted octanol–water partition coefficient (Wildman–Crippen LogP) is 11.6. The summed E-state index contributed by atoms with van der Waals surface area (Å²) in [6.07, 6.45) is 0. The molecule has 1 heteroatoms. The highest BCUT2D eigenvalue weighted by Gasteiger charge is 2.36. The third kappa shape index (κ3) is 4.32. The lowest BCUT2D eigenvalue weighted by Crippen LogP contribution is -2.20. The van der Waals surface area contributed by atoms with Crippen molar-refractivity contribution in [2.75, 3.05) is 4.90 Å². The first kappa shape index (κ1) is 26.3. The van der Waals surface area contributed by atoms with Crippen LogP contribution in [0.25, 0.3) is 33.0 Å². The van der Waals surface area contributed by atoms with Gasteiger partial charge in [0.2, 0.25) is 0 Å². The molecular formula is C41H37N. The van der Waals surface area contributed by atoms with Crippen molar-refractivity contribution >= 4 is 27.8 Å². The van der Waals surface area contributed by atoms with Gasteiger partial charge in [0.15, 0.2) is 0 Å². The number of benzene rings is 6. The number of rotatable bonds is 4. The molecule has 0 radical (unpaired) electrons. The SMILES string of the molecule is CC(C)(C)c1cc(-c2ccccc2)ccc1N(c1ccc2c(c1)C(C)(C)c1ccccc1-2)c1ccc2ccccc2c1. The molecule has 1 nitrogen and oxygen atoms in total. The number of fused-ring (bicyclic) bond motifs is 4. The van der Waals surface area contributed by atoms with Crippen molar-refractivity contribution in [3.05, 3.63) is 150 Å². The molecule has 42 heavy (non-hydrogen) atoms. The van der Waals surface area contributed by atoms with Crippen LogP contribution < -0.4 is 4.90 Å². The minimum absolute atomic E-state index is 0.0680. The molecule has 1 aliphatic rings. The van der Waals surface area contributed by atoms with Gasteiger partial charge in [-0.3, -0.25) is 0 Å². The second-order valence-electron chi connectivity index (χ2n) is 13.1. The van der Waals surface area contributed by atoms with Crippen LogP contribution >= 0.6 is 0 Å². The summed E-state index contributed by atoms with van der Waals surface area (Å²) in [5.41, 5.74) is 12.7. The van der Waals surface area contributed by atoms with Crippen molar-refractivity contribution in [2.45, 2.75) is 45.4 Å². The molecule has 0 amide bonds. The molecule has 6 aromatic carbocycles. The third-order valence-electron chi connectivity index (χ3n) is 8.97. The molecule has 206 valence electrons. The average Bonchev–Trinajstić information content (AvgIpc) is 3.23. The smallest absolute Gasteiger partial charge is 0.0499 e. The molecule has 0 atom stereocenters. The van der Waals surface area contributed by atoms with Crippen molar-refractivity contribution < 1.29 is 0 Å². The van der Waals surface area contributed by atoms with E-state index in [9.17, 15) is 0 Å². The van der Waals surface area contributed by atoms with Crippen molar-refractivity contribution in [2.24, 2.45) is 0 Å². The Morgan fingerprint density at radius 3 is 1.93 bits per heavy atom. The lowest BCUT2D eigenvalue weighted by molar-refractivity contribution is 0.591. The summed E-state index contributed by atoms with van der Waals surface area (Å²) >= 11 is 0. The van der Waals surface area contributed by atoms with E-state index >= 15 is 0 Å². The monoisotopic (exact) mass is 543 g/mol. The number of hydrogen-bond donors (Lipinski definition) is 0. The van der Waals surface area contributed by atoms with Gasteiger partial charge in [-0.1, -0.05) is 132 Å². The first-order valence-corrected chi connectivity index (χ1v) is 15.0. The summed E-state index contributed by atoms with van der Waals surface area (Å²) in [4.78, 5) is 2.47. The minimum Gasteiger partial charge on any atom is -0.310 e. The molecule has 0 spiro atoms. The van der Waals surface area contributed by atoms with Crippen LogP contribution in [-0.2, 0) is 10.8 Å². The average molecular weight is 544 g/mol. The normalized spacial score (nSPS) is 13.5. The highest BCUT2D eigenvalue weighted by atomic mass is 15.1. The van der Waals surface area contributed by atoms with Gasteiger partial charge in [-0.25, -0.2) is 0 Å². The fourth-order valence-electron chi connectivity index (χ4n) is 6.72. The maximum atomic E-state index is 2.47. The van der Waals surface area contributed by atoms with Crippen LogP contribution in [0.4, 0.5) is 17.1 Å². The van der Waals surface area contributed by atoms with E-state index in [2.05, 4.69) is 173 Å². The summed E-state index contributed by atoms with van der Waals surface area (Å²) in [5, 5.41) is 2.49. The van der Waals surface area contributed by atoms with Gasteiger partial charge in [0.05, 0.1) is 0 Å². The van der Waals surface area contributed by atoms with Gasteiger partial charge in [-0.2, -0.15) is 0 Å². The van der Waals surface area contributed by atoms with Gasteiger partial charge in [0.25, 0.3) is 0 Å². The zero-order valence-corrected chi connectivity index (χ0v) is 25.1. The summed E-state index contributed by atoms with van der Waals surface area (Å²) < 4.78 is 0. The molecule has 0 saturated carbocycles. The number of anilines is 3. The van der Waals surface area contributed by atoms with Gasteiger partial charge in [-0.05, 0) is 91.5 Å². The van der Waals surface area contributed by atoms with Crippen molar-refractivity contribution in [1.29, 1.82) is 0 Å². The molecule has 0 aromatic heterocycles. The standard InChI is InChI=1S/C41H37N/c1-40(2,3)38-26-31(28-13-7-6-8-14-28)20-24-39(38)42(32-21-19-29-15-9-10-16-30(29)25-32)33-22-23-35-34-17-11-12-18-36(34)41(4,5)37(35)27-33/h6-27H,1-5H3. The quantitative estimate of drug-likeness (QED) is 0.214. The fraction of sp³-hybridized carbons (Fsp3) is 0.171. The molecule has 0 fully saturated rings. The maximum Gasteiger partial charge on any atom is 0.0499 e.